The van der Waals surface area contributed by atoms with Gasteiger partial charge in [0.15, 0.2) is 12.6 Å². The van der Waals surface area contributed by atoms with Crippen molar-refractivity contribution in [3.63, 3.8) is 0 Å². The number of carbonyl (C=O) groups excluding carboxylic acids is 5. The number of hydrogen-bond acceptors (Lipinski definition) is 20. The Morgan fingerprint density at radius 1 is 0.759 bits per heavy atom. The SMILES string of the molecule is CN(C(=O)OC(C)(C)C)[C@@H]1[C@@H](O)[C@@H](O[C@@H]2[C@@H](O)[C@H](O[C@H]3O[C@H](CN(Cc4ccc([N+](=O)[O-])cc4)C(=O)O)CC[C@H]3NC(=O)OC(C)(C)C)[C@@H](NC(=O)OC(C)(C)C)C[C@H]2NC(=O)[C@@H](O)CCNC(=O)OC(C)(C)C)OC[C@]1(C)O. The summed E-state index contributed by atoms with van der Waals surface area (Å²) in [6.45, 7) is 19.4. The Morgan fingerprint density at radius 3 is 1.78 bits per heavy atom. The van der Waals surface area contributed by atoms with Crippen LogP contribution in [0.25, 0.3) is 0 Å². The van der Waals surface area contributed by atoms with E-state index in [1.807, 2.05) is 0 Å². The largest absolute Gasteiger partial charge is 0.465 e. The molecule has 2 aliphatic heterocycles. The molecule has 28 nitrogen and oxygen atoms in total. The Labute approximate surface area is 459 Å². The fraction of sp³-hybridized carbons (Fsp3) is 0.765. The van der Waals surface area contributed by atoms with Gasteiger partial charge in [-0.2, -0.15) is 0 Å². The normalized spacial score (nSPS) is 27.9. The number of carboxylic acid groups (broad SMARTS) is 1. The van der Waals surface area contributed by atoms with Gasteiger partial charge in [-0.25, -0.2) is 24.0 Å². The maximum absolute atomic E-state index is 13.9. The van der Waals surface area contributed by atoms with Crippen LogP contribution in [0, 0.1) is 10.1 Å². The van der Waals surface area contributed by atoms with Gasteiger partial charge in [0.05, 0.1) is 48.3 Å². The lowest BCUT2D eigenvalue weighted by Crippen LogP contribution is -2.71. The molecule has 2 saturated heterocycles. The average Bonchev–Trinajstić information content (AvgIpc) is 3.29. The fourth-order valence-corrected chi connectivity index (χ4v) is 8.92. The highest BCUT2D eigenvalue weighted by Gasteiger charge is 2.55. The Balaban J connectivity index is 1.79. The molecular weight excluding hydrogens is 1050 g/mol. The number of hydrogen-bond donors (Lipinski definition) is 9. The topological polar surface area (TPSA) is 375 Å². The summed E-state index contributed by atoms with van der Waals surface area (Å²) >= 11 is 0. The van der Waals surface area contributed by atoms with Crippen LogP contribution in [0.5, 0.6) is 0 Å². The minimum Gasteiger partial charge on any atom is -0.465 e. The molecule has 1 aliphatic carbocycles. The number of aliphatic hydroxyl groups excluding tert-OH is 3. The highest BCUT2D eigenvalue weighted by molar-refractivity contribution is 5.81. The number of nitrogens with one attached hydrogen (secondary N) is 4. The minimum absolute atomic E-state index is 0.0560. The van der Waals surface area contributed by atoms with E-state index in [9.17, 15) is 64.4 Å². The van der Waals surface area contributed by atoms with Gasteiger partial charge >= 0.3 is 30.5 Å². The number of carbonyl (C=O) groups is 6. The molecule has 4 rings (SSSR count). The number of likely N-dealkylation sites (N-methyl/N-ethyl adjacent to an activating group) is 1. The van der Waals surface area contributed by atoms with Crippen molar-refractivity contribution in [3.8, 4) is 0 Å². The zero-order valence-electron chi connectivity index (χ0n) is 47.5. The first-order valence-electron chi connectivity index (χ1n) is 26.0. The Kier molecular flexibility index (Phi) is 22.1. The molecular formula is C51H83N7O21. The summed E-state index contributed by atoms with van der Waals surface area (Å²) in [5.74, 6) is -1.04. The molecule has 0 radical (unpaired) electrons. The average molecular weight is 1130 g/mol. The smallest absolute Gasteiger partial charge is 0.410 e. The summed E-state index contributed by atoms with van der Waals surface area (Å²) in [5.41, 5.74) is -5.62. The molecule has 3 aliphatic rings. The minimum atomic E-state index is -2.02. The van der Waals surface area contributed by atoms with Crippen molar-refractivity contribution >= 4 is 42.1 Å². The second-order valence-corrected chi connectivity index (χ2v) is 24.1. The maximum Gasteiger partial charge on any atom is 0.410 e. The van der Waals surface area contributed by atoms with Crippen LogP contribution >= 0.6 is 0 Å². The first kappa shape index (κ1) is 65.6. The molecule has 1 saturated carbocycles. The van der Waals surface area contributed by atoms with Crippen LogP contribution in [0.15, 0.2) is 24.3 Å². The number of amides is 6. The van der Waals surface area contributed by atoms with Gasteiger partial charge in [-0.05, 0) is 121 Å². The second kappa shape index (κ2) is 26.6. The summed E-state index contributed by atoms with van der Waals surface area (Å²) < 4.78 is 47.2. The van der Waals surface area contributed by atoms with E-state index in [1.54, 1.807) is 83.1 Å². The van der Waals surface area contributed by atoms with Crippen LogP contribution in [0.4, 0.5) is 29.7 Å². The van der Waals surface area contributed by atoms with E-state index in [-0.39, 0.29) is 44.6 Å². The van der Waals surface area contributed by atoms with Gasteiger partial charge < -0.3 is 94.5 Å². The number of nitro groups is 1. The van der Waals surface area contributed by atoms with E-state index in [1.165, 1.54) is 38.2 Å². The molecule has 0 unspecified atom stereocenters. The van der Waals surface area contributed by atoms with Crippen molar-refractivity contribution in [2.75, 3.05) is 26.7 Å². The number of nitrogens with zero attached hydrogens (tertiary/aromatic N) is 3. The molecule has 3 fully saturated rings. The summed E-state index contributed by atoms with van der Waals surface area (Å²) in [6.07, 6.45) is -19.1. The molecule has 28 heteroatoms. The number of benzene rings is 1. The standard InChI is InChI=1S/C51H83N7O21/c1-47(2,3)76-42(63)52-22-21-33(59)39(62)53-31-23-32(55-44(65)78-49(7,8)9)37(34(60)36(31)75-41-35(61)38(51(13,69)26-72-41)56(14)46(68)79-50(10,11)12)74-40-30(54-43(64)77-48(4,5)6)20-19-29(73-40)25-57(45(66)67)24-27-15-17-28(18-16-27)58(70)71/h15-18,29-38,40-41,59-61,69H,19-26H2,1-14H3,(H,52,63)(H,53,62)(H,54,64)(H,55,65)(H,66,67)/t29-,30+,31+,32-,33-,34+,35+,36-,37+,38+,40+,41+,51-/m0/s1. The molecule has 0 bridgehead atoms. The number of non-ortho nitro benzene ring substituents is 1. The Morgan fingerprint density at radius 2 is 1.27 bits per heavy atom. The number of rotatable bonds is 17. The van der Waals surface area contributed by atoms with E-state index in [0.29, 0.717) is 5.56 Å². The van der Waals surface area contributed by atoms with E-state index >= 15 is 0 Å². The lowest BCUT2D eigenvalue weighted by molar-refractivity contribution is -0.384. The van der Waals surface area contributed by atoms with Crippen LogP contribution in [0.1, 0.15) is 121 Å². The highest BCUT2D eigenvalue weighted by Crippen LogP contribution is 2.35. The van der Waals surface area contributed by atoms with Gasteiger partial charge in [-0.1, -0.05) is 12.1 Å². The van der Waals surface area contributed by atoms with Crippen molar-refractivity contribution in [3.05, 3.63) is 39.9 Å². The van der Waals surface area contributed by atoms with Crippen molar-refractivity contribution in [1.29, 1.82) is 0 Å². The van der Waals surface area contributed by atoms with Crippen molar-refractivity contribution in [1.82, 2.24) is 31.1 Å². The van der Waals surface area contributed by atoms with Crippen LogP contribution in [-0.4, -0.2) is 205 Å². The fourth-order valence-electron chi connectivity index (χ4n) is 8.92. The third-order valence-electron chi connectivity index (χ3n) is 12.2. The molecule has 6 amide bonds. The lowest BCUT2D eigenvalue weighted by atomic mass is 9.82. The first-order valence-corrected chi connectivity index (χ1v) is 26.0. The van der Waals surface area contributed by atoms with Crippen LogP contribution < -0.4 is 21.3 Å². The lowest BCUT2D eigenvalue weighted by Gasteiger charge is -2.51. The molecule has 1 aromatic carbocycles. The number of aliphatic hydroxyl groups is 4. The monoisotopic (exact) mass is 1130 g/mol. The van der Waals surface area contributed by atoms with Gasteiger partial charge in [0.2, 0.25) is 5.91 Å². The van der Waals surface area contributed by atoms with E-state index in [0.717, 1.165) is 9.80 Å². The molecule has 9 N–H and O–H groups in total. The van der Waals surface area contributed by atoms with E-state index in [2.05, 4.69) is 21.3 Å². The van der Waals surface area contributed by atoms with Crippen LogP contribution in [-0.2, 0) is 49.2 Å². The summed E-state index contributed by atoms with van der Waals surface area (Å²) in [6, 6.07) is -0.123. The van der Waals surface area contributed by atoms with Crippen LogP contribution in [0.2, 0.25) is 0 Å². The first-order chi connectivity index (χ1) is 36.2. The Hall–Kier alpha value is -5.88. The molecule has 13 atom stereocenters. The molecule has 0 spiro atoms. The number of nitro benzene ring substituents is 1. The quantitative estimate of drug-likeness (QED) is 0.0613. The maximum atomic E-state index is 13.9. The highest BCUT2D eigenvalue weighted by atomic mass is 16.7. The van der Waals surface area contributed by atoms with Gasteiger partial charge in [-0.15, -0.1) is 0 Å². The third-order valence-corrected chi connectivity index (χ3v) is 12.2. The molecule has 0 aromatic heterocycles. The molecule has 1 aromatic rings. The third kappa shape index (κ3) is 20.6. The zero-order valence-corrected chi connectivity index (χ0v) is 47.5. The van der Waals surface area contributed by atoms with Gasteiger partial charge in [-0.3, -0.25) is 14.9 Å². The van der Waals surface area contributed by atoms with Crippen molar-refractivity contribution < 1.29 is 97.1 Å². The second-order valence-electron chi connectivity index (χ2n) is 24.1. The number of alkyl carbamates (subject to hydrolysis) is 3. The predicted octanol–water partition coefficient (Wildman–Crippen LogP) is 3.37. The van der Waals surface area contributed by atoms with Gasteiger partial charge in [0.1, 0.15) is 58.5 Å². The van der Waals surface area contributed by atoms with Crippen LogP contribution in [0.3, 0.4) is 0 Å². The van der Waals surface area contributed by atoms with Gasteiger partial charge in [0.25, 0.3) is 5.69 Å². The van der Waals surface area contributed by atoms with Crippen molar-refractivity contribution in [2.24, 2.45) is 0 Å². The van der Waals surface area contributed by atoms with E-state index in [4.69, 9.17) is 37.9 Å². The summed E-state index contributed by atoms with van der Waals surface area (Å²) in [4.78, 5) is 92.1. The van der Waals surface area contributed by atoms with Gasteiger partial charge in [0, 0.05) is 32.3 Å². The summed E-state index contributed by atoms with van der Waals surface area (Å²) in [5, 5.41) is 79.5. The van der Waals surface area contributed by atoms with E-state index < -0.39 is 156 Å². The predicted molar refractivity (Wildman–Crippen MR) is 277 cm³/mol. The number of ether oxygens (including phenoxy) is 8. The molecule has 448 valence electrons. The zero-order chi connectivity index (χ0) is 59.7. The molecule has 2 heterocycles. The van der Waals surface area contributed by atoms with Crippen molar-refractivity contribution in [2.45, 2.75) is 224 Å². The Bertz CT molecular complexity index is 2260. The summed E-state index contributed by atoms with van der Waals surface area (Å²) in [7, 11) is 1.28. The molecule has 79 heavy (non-hydrogen) atoms.